The number of nitrogens with zero attached hydrogens (tertiary/aromatic N) is 3. The Morgan fingerprint density at radius 1 is 1.22 bits per heavy atom. The van der Waals surface area contributed by atoms with E-state index in [9.17, 15) is 4.79 Å². The van der Waals surface area contributed by atoms with Crippen LogP contribution in [0.3, 0.4) is 0 Å². The molecule has 0 spiro atoms. The monoisotopic (exact) mass is 459 g/mol. The third kappa shape index (κ3) is 7.12. The molecule has 32 heavy (non-hydrogen) atoms. The van der Waals surface area contributed by atoms with E-state index in [1.165, 1.54) is 31.0 Å². The molecule has 2 atom stereocenters. The third-order valence-corrected chi connectivity index (χ3v) is 6.24. The van der Waals surface area contributed by atoms with E-state index >= 15 is 0 Å². The van der Waals surface area contributed by atoms with Crippen molar-refractivity contribution >= 4 is 23.3 Å². The molecule has 0 aliphatic carbocycles. The number of likely N-dealkylation sites (N-methyl/N-ethyl adjacent to an activating group) is 1. The van der Waals surface area contributed by atoms with Crippen molar-refractivity contribution in [2.24, 2.45) is 5.73 Å². The summed E-state index contributed by atoms with van der Waals surface area (Å²) in [6, 6.07) is 9.09. The van der Waals surface area contributed by atoms with Crippen LogP contribution >= 0.6 is 11.7 Å². The highest BCUT2D eigenvalue weighted by Crippen LogP contribution is 2.30. The number of ether oxygens (including phenoxy) is 2. The van der Waals surface area contributed by atoms with Gasteiger partial charge >= 0.3 is 5.97 Å². The maximum absolute atomic E-state index is 12.5. The van der Waals surface area contributed by atoms with Crippen molar-refractivity contribution in [3.05, 3.63) is 47.7 Å². The minimum absolute atomic E-state index is 0.281. The molecule has 7 nitrogen and oxygen atoms in total. The highest BCUT2D eigenvalue weighted by molar-refractivity contribution is 6.99. The number of aromatic nitrogens is 2. The van der Waals surface area contributed by atoms with Crippen LogP contribution in [-0.2, 0) is 16.0 Å². The van der Waals surface area contributed by atoms with Gasteiger partial charge in [-0.25, -0.2) is 0 Å². The van der Waals surface area contributed by atoms with Crippen molar-refractivity contribution in [3.8, 4) is 5.88 Å². The maximum atomic E-state index is 12.5. The number of hydrogen-bond acceptors (Lipinski definition) is 7. The van der Waals surface area contributed by atoms with Crippen molar-refractivity contribution in [1.29, 1.82) is 0 Å². The number of hydrogen-bond donors (Lipinski definition) is 1. The molecule has 0 bridgehead atoms. The van der Waals surface area contributed by atoms with Crippen LogP contribution in [0.25, 0.3) is 5.57 Å². The lowest BCUT2D eigenvalue weighted by Gasteiger charge is -2.36. The van der Waals surface area contributed by atoms with Crippen LogP contribution in [0.5, 0.6) is 5.88 Å². The highest BCUT2D eigenvalue weighted by Gasteiger charge is 2.31. The molecule has 2 heterocycles. The van der Waals surface area contributed by atoms with E-state index in [0.29, 0.717) is 29.9 Å². The highest BCUT2D eigenvalue weighted by atomic mass is 32.1. The van der Waals surface area contributed by atoms with Gasteiger partial charge in [-0.15, -0.1) is 4.37 Å². The van der Waals surface area contributed by atoms with Gasteiger partial charge in [-0.2, -0.15) is 4.37 Å². The second-order valence-electron chi connectivity index (χ2n) is 8.74. The Balaban J connectivity index is 1.52. The fraction of sp³-hybridized carbons (Fsp3) is 0.542. The third-order valence-electron chi connectivity index (χ3n) is 5.73. The summed E-state index contributed by atoms with van der Waals surface area (Å²) in [5.41, 5.74) is 9.03. The number of benzene rings is 1. The standard InChI is InChI=1S/C24H35N4O3S/c1-3-4-5-9-15-30-23-22(26-32-27-23)20-13-10-14-28(2,17-20)18-31-24(29)21(25)16-19-11-7-6-8-12-19/h6-8,11-13,21H,3-5,9-10,14-18,25H2,1-2H3/q+1/t21-,28?/m0/s1. The van der Waals surface area contributed by atoms with Gasteiger partial charge in [0.1, 0.15) is 18.3 Å². The predicted molar refractivity (Wildman–Crippen MR) is 127 cm³/mol. The molecule has 3 rings (SSSR count). The molecular weight excluding hydrogens is 424 g/mol. The average molecular weight is 460 g/mol. The van der Waals surface area contributed by atoms with Crippen molar-refractivity contribution in [2.75, 3.05) is 33.5 Å². The lowest BCUT2D eigenvalue weighted by atomic mass is 10.1. The van der Waals surface area contributed by atoms with Crippen LogP contribution in [0.2, 0.25) is 0 Å². The first kappa shape index (κ1) is 24.4. The number of quaternary nitrogens is 1. The fourth-order valence-electron chi connectivity index (χ4n) is 3.83. The summed E-state index contributed by atoms with van der Waals surface area (Å²) < 4.78 is 21.0. The Labute approximate surface area is 195 Å². The first-order valence-electron chi connectivity index (χ1n) is 11.5. The van der Waals surface area contributed by atoms with Gasteiger partial charge in [0.2, 0.25) is 6.73 Å². The number of carbonyl (C=O) groups is 1. The van der Waals surface area contributed by atoms with Crippen LogP contribution in [0, 0.1) is 0 Å². The van der Waals surface area contributed by atoms with Crippen LogP contribution in [0.4, 0.5) is 0 Å². The van der Waals surface area contributed by atoms with Crippen LogP contribution in [-0.4, -0.2) is 58.7 Å². The molecule has 1 aromatic heterocycles. The van der Waals surface area contributed by atoms with Crippen molar-refractivity contribution in [3.63, 3.8) is 0 Å². The minimum atomic E-state index is -0.667. The molecule has 0 fully saturated rings. The Kier molecular flexibility index (Phi) is 9.20. The fourth-order valence-corrected chi connectivity index (χ4v) is 4.37. The zero-order valence-electron chi connectivity index (χ0n) is 19.2. The molecule has 1 aliphatic heterocycles. The quantitative estimate of drug-likeness (QED) is 0.295. The summed E-state index contributed by atoms with van der Waals surface area (Å²) in [4.78, 5) is 12.5. The predicted octanol–water partition coefficient (Wildman–Crippen LogP) is 3.80. The van der Waals surface area contributed by atoms with E-state index in [4.69, 9.17) is 15.2 Å². The molecule has 1 unspecified atom stereocenters. The molecular formula is C24H35N4O3S+. The summed E-state index contributed by atoms with van der Waals surface area (Å²) >= 11 is 1.18. The molecule has 8 heteroatoms. The zero-order valence-corrected chi connectivity index (χ0v) is 20.0. The van der Waals surface area contributed by atoms with Crippen LogP contribution in [0.15, 0.2) is 36.4 Å². The molecule has 0 amide bonds. The lowest BCUT2D eigenvalue weighted by Crippen LogP contribution is -2.50. The summed E-state index contributed by atoms with van der Waals surface area (Å²) in [6.07, 6.45) is 8.17. The number of unbranched alkanes of at least 4 members (excludes halogenated alkanes) is 3. The van der Waals surface area contributed by atoms with Crippen molar-refractivity contribution in [2.45, 2.75) is 51.5 Å². The Morgan fingerprint density at radius 3 is 2.81 bits per heavy atom. The second kappa shape index (κ2) is 12.1. The smallest absolute Gasteiger partial charge is 0.327 e. The Bertz CT molecular complexity index is 886. The molecule has 0 radical (unpaired) electrons. The molecule has 1 aliphatic rings. The first-order valence-corrected chi connectivity index (χ1v) is 12.2. The van der Waals surface area contributed by atoms with Crippen molar-refractivity contribution < 1.29 is 18.8 Å². The average Bonchev–Trinajstić information content (AvgIpc) is 3.27. The van der Waals surface area contributed by atoms with E-state index < -0.39 is 6.04 Å². The topological polar surface area (TPSA) is 87.3 Å². The SMILES string of the molecule is CCCCCCOc1nsnc1C1=CCC[N+](C)(COC(=O)[C@@H](N)Cc2ccccc2)C1. The van der Waals surface area contributed by atoms with Crippen LogP contribution in [0.1, 0.15) is 50.3 Å². The number of rotatable bonds is 12. The molecule has 0 saturated heterocycles. The Morgan fingerprint density at radius 2 is 2.03 bits per heavy atom. The summed E-state index contributed by atoms with van der Waals surface area (Å²) in [7, 11) is 2.09. The van der Waals surface area contributed by atoms with Crippen molar-refractivity contribution in [1.82, 2.24) is 8.75 Å². The van der Waals surface area contributed by atoms with Crippen LogP contribution < -0.4 is 10.5 Å². The van der Waals surface area contributed by atoms with Gasteiger partial charge in [0, 0.05) is 12.0 Å². The van der Waals surface area contributed by atoms with E-state index in [0.717, 1.165) is 36.2 Å². The lowest BCUT2D eigenvalue weighted by molar-refractivity contribution is -0.919. The van der Waals surface area contributed by atoms with Gasteiger partial charge in [-0.3, -0.25) is 9.28 Å². The summed E-state index contributed by atoms with van der Waals surface area (Å²) in [5, 5.41) is 0. The van der Waals surface area contributed by atoms with E-state index in [2.05, 4.69) is 28.8 Å². The molecule has 0 saturated carbocycles. The second-order valence-corrected chi connectivity index (χ2v) is 9.26. The van der Waals surface area contributed by atoms with Gasteiger partial charge in [0.25, 0.3) is 5.88 Å². The summed E-state index contributed by atoms with van der Waals surface area (Å²) in [6.45, 7) is 4.73. The minimum Gasteiger partial charge on any atom is -0.475 e. The maximum Gasteiger partial charge on any atom is 0.327 e. The van der Waals surface area contributed by atoms with Gasteiger partial charge < -0.3 is 15.2 Å². The summed E-state index contributed by atoms with van der Waals surface area (Å²) in [5.74, 6) is 0.254. The number of esters is 1. The zero-order chi connectivity index (χ0) is 22.8. The van der Waals surface area contributed by atoms with E-state index in [1.807, 2.05) is 30.3 Å². The van der Waals surface area contributed by atoms with Gasteiger partial charge in [-0.05, 0) is 18.4 Å². The molecule has 174 valence electrons. The largest absolute Gasteiger partial charge is 0.475 e. The first-order chi connectivity index (χ1) is 15.5. The number of nitrogens with two attached hydrogens (primary N) is 1. The van der Waals surface area contributed by atoms with Gasteiger partial charge in [0.15, 0.2) is 0 Å². The molecule has 1 aromatic carbocycles. The van der Waals surface area contributed by atoms with E-state index in [-0.39, 0.29) is 12.7 Å². The van der Waals surface area contributed by atoms with Gasteiger partial charge in [0.05, 0.1) is 31.9 Å². The van der Waals surface area contributed by atoms with Gasteiger partial charge in [-0.1, -0.05) is 62.6 Å². The Hall–Kier alpha value is -2.29. The molecule has 2 N–H and O–H groups in total. The normalized spacial score (nSPS) is 19.3. The van der Waals surface area contributed by atoms with E-state index in [1.54, 1.807) is 0 Å². The molecule has 2 aromatic rings. The number of carbonyl (C=O) groups excluding carboxylic acids is 1.